The number of ether oxygens (including phenoxy) is 2. The third kappa shape index (κ3) is 3.40. The van der Waals surface area contributed by atoms with Gasteiger partial charge in [-0.25, -0.2) is 4.79 Å². The molecule has 0 saturated carbocycles. The Labute approximate surface area is 102 Å². The van der Waals surface area contributed by atoms with Crippen molar-refractivity contribution in [2.45, 2.75) is 50.7 Å². The first kappa shape index (κ1) is 14.4. The Morgan fingerprint density at radius 1 is 1.53 bits per heavy atom. The lowest BCUT2D eigenvalue weighted by Crippen LogP contribution is -2.53. The molecule has 2 unspecified atom stereocenters. The van der Waals surface area contributed by atoms with E-state index < -0.39 is 17.2 Å². The summed E-state index contributed by atoms with van der Waals surface area (Å²) >= 11 is 0. The third-order valence-electron chi connectivity index (χ3n) is 3.43. The number of aliphatic hydroxyl groups is 1. The Hall–Kier alpha value is -0.650. The highest BCUT2D eigenvalue weighted by Crippen LogP contribution is 2.37. The Balaban J connectivity index is 2.73. The molecule has 5 nitrogen and oxygen atoms in total. The summed E-state index contributed by atoms with van der Waals surface area (Å²) in [7, 11) is 0. The average Bonchev–Trinajstić information content (AvgIpc) is 2.29. The van der Waals surface area contributed by atoms with Crippen molar-refractivity contribution in [2.75, 3.05) is 19.8 Å². The summed E-state index contributed by atoms with van der Waals surface area (Å²) in [5, 5.41) is 18.1. The number of hydrogen-bond acceptors (Lipinski definition) is 4. The van der Waals surface area contributed by atoms with E-state index in [0.29, 0.717) is 25.9 Å². The molecule has 0 aromatic heterocycles. The number of carboxylic acids is 1. The lowest BCUT2D eigenvalue weighted by molar-refractivity contribution is -0.202. The molecule has 0 aliphatic carbocycles. The molecule has 100 valence electrons. The first-order chi connectivity index (χ1) is 7.98. The molecule has 17 heavy (non-hydrogen) atoms. The Morgan fingerprint density at radius 3 is 2.76 bits per heavy atom. The molecule has 0 amide bonds. The molecule has 5 heteroatoms. The van der Waals surface area contributed by atoms with E-state index in [0.717, 1.165) is 6.42 Å². The van der Waals surface area contributed by atoms with Crippen LogP contribution in [-0.4, -0.2) is 47.2 Å². The van der Waals surface area contributed by atoms with Crippen LogP contribution < -0.4 is 0 Å². The summed E-state index contributed by atoms with van der Waals surface area (Å²) in [6.45, 7) is 4.57. The fourth-order valence-corrected chi connectivity index (χ4v) is 2.13. The predicted octanol–water partition coefficient (Wildman–Crippen LogP) is 1.19. The van der Waals surface area contributed by atoms with Gasteiger partial charge in [-0.15, -0.1) is 0 Å². The van der Waals surface area contributed by atoms with Gasteiger partial charge in [0.25, 0.3) is 0 Å². The van der Waals surface area contributed by atoms with E-state index in [1.54, 1.807) is 0 Å². The average molecular weight is 246 g/mol. The fraction of sp³-hybridized carbons (Fsp3) is 0.917. The molecule has 0 radical (unpaired) electrons. The second-order valence-electron chi connectivity index (χ2n) is 4.80. The van der Waals surface area contributed by atoms with Crippen LogP contribution in [0.15, 0.2) is 0 Å². The topological polar surface area (TPSA) is 76.0 Å². The third-order valence-corrected chi connectivity index (χ3v) is 3.43. The van der Waals surface area contributed by atoms with Crippen LogP contribution in [0, 0.1) is 0 Å². The van der Waals surface area contributed by atoms with Gasteiger partial charge in [0.05, 0.1) is 18.8 Å². The van der Waals surface area contributed by atoms with Crippen LogP contribution in [0.25, 0.3) is 0 Å². The molecule has 1 rings (SSSR count). The van der Waals surface area contributed by atoms with Crippen LogP contribution in [0.2, 0.25) is 0 Å². The smallest absolute Gasteiger partial charge is 0.336 e. The summed E-state index contributed by atoms with van der Waals surface area (Å²) in [5.74, 6) is -0.932. The van der Waals surface area contributed by atoms with Crippen molar-refractivity contribution in [2.24, 2.45) is 0 Å². The predicted molar refractivity (Wildman–Crippen MR) is 61.9 cm³/mol. The van der Waals surface area contributed by atoms with Gasteiger partial charge in [-0.3, -0.25) is 0 Å². The molecule has 2 atom stereocenters. The number of hydrogen-bond donors (Lipinski definition) is 2. The van der Waals surface area contributed by atoms with Crippen LogP contribution >= 0.6 is 0 Å². The van der Waals surface area contributed by atoms with Crippen molar-refractivity contribution in [3.63, 3.8) is 0 Å². The van der Waals surface area contributed by atoms with Gasteiger partial charge in [-0.05, 0) is 19.8 Å². The molecule has 1 fully saturated rings. The van der Waals surface area contributed by atoms with Gasteiger partial charge in [0, 0.05) is 19.4 Å². The molecule has 1 saturated heterocycles. The number of carbonyl (C=O) groups is 1. The highest BCUT2D eigenvalue weighted by Gasteiger charge is 2.48. The van der Waals surface area contributed by atoms with Crippen molar-refractivity contribution in [3.8, 4) is 0 Å². The number of rotatable bonds is 6. The second kappa shape index (κ2) is 5.80. The molecule has 1 heterocycles. The highest BCUT2D eigenvalue weighted by molar-refractivity contribution is 5.77. The van der Waals surface area contributed by atoms with E-state index in [9.17, 15) is 9.90 Å². The van der Waals surface area contributed by atoms with Crippen molar-refractivity contribution in [1.82, 2.24) is 0 Å². The quantitative estimate of drug-likeness (QED) is 0.688. The van der Waals surface area contributed by atoms with Crippen molar-refractivity contribution >= 4 is 5.97 Å². The lowest BCUT2D eigenvalue weighted by Gasteiger charge is -2.43. The maximum Gasteiger partial charge on any atom is 0.336 e. The van der Waals surface area contributed by atoms with E-state index in [-0.39, 0.29) is 13.2 Å². The van der Waals surface area contributed by atoms with Crippen LogP contribution in [0.4, 0.5) is 0 Å². The molecular formula is C12H22O5. The summed E-state index contributed by atoms with van der Waals surface area (Å²) in [5.41, 5.74) is -1.59. The summed E-state index contributed by atoms with van der Waals surface area (Å²) < 4.78 is 11.2. The SMILES string of the molecule is CCC1(C)CC(OCCCO)(C(=O)O)CCO1. The van der Waals surface area contributed by atoms with Gasteiger partial charge < -0.3 is 19.7 Å². The fourth-order valence-electron chi connectivity index (χ4n) is 2.13. The minimum atomic E-state index is -1.15. The Morgan fingerprint density at radius 2 is 2.24 bits per heavy atom. The van der Waals surface area contributed by atoms with Crippen molar-refractivity contribution in [3.05, 3.63) is 0 Å². The van der Waals surface area contributed by atoms with Gasteiger partial charge in [-0.2, -0.15) is 0 Å². The summed E-state index contributed by atoms with van der Waals surface area (Å²) in [6, 6.07) is 0. The number of carboxylic acid groups (broad SMARTS) is 1. The zero-order valence-corrected chi connectivity index (χ0v) is 10.6. The maximum atomic E-state index is 11.4. The number of aliphatic carboxylic acids is 1. The van der Waals surface area contributed by atoms with Crippen LogP contribution in [0.5, 0.6) is 0 Å². The molecule has 1 aliphatic rings. The first-order valence-corrected chi connectivity index (χ1v) is 6.10. The number of aliphatic hydroxyl groups excluding tert-OH is 1. The van der Waals surface area contributed by atoms with E-state index in [1.807, 2.05) is 13.8 Å². The second-order valence-corrected chi connectivity index (χ2v) is 4.80. The normalized spacial score (nSPS) is 33.6. The van der Waals surface area contributed by atoms with Crippen LogP contribution in [0.3, 0.4) is 0 Å². The molecule has 1 aliphatic heterocycles. The van der Waals surface area contributed by atoms with E-state index in [4.69, 9.17) is 14.6 Å². The largest absolute Gasteiger partial charge is 0.479 e. The van der Waals surface area contributed by atoms with Gasteiger partial charge in [0.2, 0.25) is 0 Å². The van der Waals surface area contributed by atoms with Gasteiger partial charge in [0.1, 0.15) is 0 Å². The van der Waals surface area contributed by atoms with E-state index in [1.165, 1.54) is 0 Å². The summed E-state index contributed by atoms with van der Waals surface area (Å²) in [6.07, 6.45) is 1.94. The molecule has 0 bridgehead atoms. The Bertz CT molecular complexity index is 268. The molecule has 0 spiro atoms. The zero-order chi connectivity index (χ0) is 12.9. The molecule has 2 N–H and O–H groups in total. The summed E-state index contributed by atoms with van der Waals surface area (Å²) in [4.78, 5) is 11.4. The zero-order valence-electron chi connectivity index (χ0n) is 10.6. The van der Waals surface area contributed by atoms with Gasteiger partial charge >= 0.3 is 5.97 Å². The van der Waals surface area contributed by atoms with Crippen molar-refractivity contribution < 1.29 is 24.5 Å². The minimum absolute atomic E-state index is 0.0112. The molecule has 0 aromatic carbocycles. The first-order valence-electron chi connectivity index (χ1n) is 6.10. The Kier molecular flexibility index (Phi) is 4.91. The van der Waals surface area contributed by atoms with Crippen molar-refractivity contribution in [1.29, 1.82) is 0 Å². The highest BCUT2D eigenvalue weighted by atomic mass is 16.5. The lowest BCUT2D eigenvalue weighted by atomic mass is 9.81. The molecular weight excluding hydrogens is 224 g/mol. The standard InChI is InChI=1S/C12H22O5/c1-3-11(2)9-12(10(14)15,5-8-16-11)17-7-4-6-13/h13H,3-9H2,1-2H3,(H,14,15). The van der Waals surface area contributed by atoms with Crippen LogP contribution in [0.1, 0.15) is 39.5 Å². The van der Waals surface area contributed by atoms with Gasteiger partial charge in [-0.1, -0.05) is 6.92 Å². The minimum Gasteiger partial charge on any atom is -0.479 e. The maximum absolute atomic E-state index is 11.4. The van der Waals surface area contributed by atoms with E-state index in [2.05, 4.69) is 0 Å². The monoisotopic (exact) mass is 246 g/mol. The van der Waals surface area contributed by atoms with Gasteiger partial charge in [0.15, 0.2) is 5.60 Å². The van der Waals surface area contributed by atoms with Crippen LogP contribution in [-0.2, 0) is 14.3 Å². The van der Waals surface area contributed by atoms with E-state index >= 15 is 0 Å². The molecule has 0 aromatic rings.